The maximum atomic E-state index is 12.3. The topological polar surface area (TPSA) is 63.2 Å². The molecule has 1 heterocycles. The van der Waals surface area contributed by atoms with Crippen LogP contribution in [0.2, 0.25) is 0 Å². The van der Waals surface area contributed by atoms with Crippen LogP contribution in [0.25, 0.3) is 0 Å². The Bertz CT molecular complexity index is 453. The Morgan fingerprint density at radius 1 is 1.30 bits per heavy atom. The van der Waals surface area contributed by atoms with E-state index in [0.29, 0.717) is 5.69 Å². The van der Waals surface area contributed by atoms with Gasteiger partial charge >= 0.3 is 12.3 Å². The summed E-state index contributed by atoms with van der Waals surface area (Å²) in [6.45, 7) is 5.22. The first-order valence-electron chi connectivity index (χ1n) is 5.82. The smallest absolute Gasteiger partial charge is 0.422 e. The van der Waals surface area contributed by atoms with Crippen LogP contribution in [0.15, 0.2) is 18.3 Å². The van der Waals surface area contributed by atoms with Crippen molar-refractivity contribution in [1.29, 1.82) is 0 Å². The van der Waals surface area contributed by atoms with E-state index in [-0.39, 0.29) is 6.54 Å². The summed E-state index contributed by atoms with van der Waals surface area (Å²) >= 11 is 0. The molecule has 0 radical (unpaired) electrons. The Hall–Kier alpha value is -1.83. The summed E-state index contributed by atoms with van der Waals surface area (Å²) in [5.74, 6) is 0. The minimum absolute atomic E-state index is 0.0807. The monoisotopic (exact) mass is 291 g/mol. The highest BCUT2D eigenvalue weighted by Gasteiger charge is 2.30. The Kier molecular flexibility index (Phi) is 4.93. The molecule has 1 amide bonds. The van der Waals surface area contributed by atoms with Crippen molar-refractivity contribution in [2.75, 3.05) is 0 Å². The lowest BCUT2D eigenvalue weighted by Crippen LogP contribution is -2.40. The van der Waals surface area contributed by atoms with E-state index in [9.17, 15) is 18.0 Å². The lowest BCUT2D eigenvalue weighted by molar-refractivity contribution is -0.137. The number of rotatable bonds is 3. The second-order valence-corrected chi connectivity index (χ2v) is 5.02. The van der Waals surface area contributed by atoms with Crippen LogP contribution < -0.4 is 10.9 Å². The fraction of sp³-hybridized carbons (Fsp3) is 0.500. The number of hydrazine groups is 1. The summed E-state index contributed by atoms with van der Waals surface area (Å²) in [7, 11) is 0. The van der Waals surface area contributed by atoms with Crippen molar-refractivity contribution >= 4 is 6.09 Å². The van der Waals surface area contributed by atoms with Gasteiger partial charge < -0.3 is 4.74 Å². The van der Waals surface area contributed by atoms with E-state index >= 15 is 0 Å². The highest BCUT2D eigenvalue weighted by molar-refractivity contribution is 5.66. The molecule has 0 unspecified atom stereocenters. The predicted molar refractivity (Wildman–Crippen MR) is 65.4 cm³/mol. The maximum absolute atomic E-state index is 12.3. The summed E-state index contributed by atoms with van der Waals surface area (Å²) in [6.07, 6.45) is -4.34. The molecule has 8 heteroatoms. The summed E-state index contributed by atoms with van der Waals surface area (Å²) < 4.78 is 41.9. The van der Waals surface area contributed by atoms with Gasteiger partial charge in [0.15, 0.2) is 0 Å². The first kappa shape index (κ1) is 16.2. The molecule has 5 nitrogen and oxygen atoms in total. The third-order valence-corrected chi connectivity index (χ3v) is 2.01. The Morgan fingerprint density at radius 3 is 2.40 bits per heavy atom. The number of ether oxygens (including phenoxy) is 1. The molecule has 0 aliphatic carbocycles. The Balaban J connectivity index is 2.42. The fourth-order valence-corrected chi connectivity index (χ4v) is 1.21. The average Bonchev–Trinajstić information content (AvgIpc) is 2.26. The predicted octanol–water partition coefficient (Wildman–Crippen LogP) is 2.63. The van der Waals surface area contributed by atoms with Crippen LogP contribution in [-0.4, -0.2) is 16.7 Å². The summed E-state index contributed by atoms with van der Waals surface area (Å²) in [6, 6.07) is 2.16. The summed E-state index contributed by atoms with van der Waals surface area (Å²) in [5, 5.41) is 0. The quantitative estimate of drug-likeness (QED) is 0.840. The highest BCUT2D eigenvalue weighted by atomic mass is 19.4. The standard InChI is InChI=1S/C12H16F3N3O2/c1-11(2,3)20-10(19)18-17-7-9-5-4-8(6-16-9)12(13,14)15/h4-6,17H,7H2,1-3H3,(H,18,19). The van der Waals surface area contributed by atoms with Crippen molar-refractivity contribution in [3.8, 4) is 0 Å². The van der Waals surface area contributed by atoms with Gasteiger partial charge in [-0.25, -0.2) is 10.2 Å². The van der Waals surface area contributed by atoms with Gasteiger partial charge in [0.1, 0.15) is 5.60 Å². The number of hydrogen-bond acceptors (Lipinski definition) is 4. The zero-order valence-corrected chi connectivity index (χ0v) is 11.3. The van der Waals surface area contributed by atoms with Crippen LogP contribution in [-0.2, 0) is 17.5 Å². The maximum Gasteiger partial charge on any atom is 0.422 e. The van der Waals surface area contributed by atoms with Crippen LogP contribution in [0, 0.1) is 0 Å². The fourth-order valence-electron chi connectivity index (χ4n) is 1.21. The van der Waals surface area contributed by atoms with Crippen LogP contribution in [0.4, 0.5) is 18.0 Å². The van der Waals surface area contributed by atoms with Gasteiger partial charge in [0.2, 0.25) is 0 Å². The molecular formula is C12H16F3N3O2. The lowest BCUT2D eigenvalue weighted by Gasteiger charge is -2.19. The van der Waals surface area contributed by atoms with Crippen molar-refractivity contribution < 1.29 is 22.7 Å². The first-order chi connectivity index (χ1) is 9.08. The normalized spacial score (nSPS) is 12.1. The number of carbonyl (C=O) groups is 1. The summed E-state index contributed by atoms with van der Waals surface area (Å²) in [5.41, 5.74) is 3.68. The number of aromatic nitrogens is 1. The van der Waals surface area contributed by atoms with Gasteiger partial charge in [0.25, 0.3) is 0 Å². The van der Waals surface area contributed by atoms with Crippen LogP contribution in [0.5, 0.6) is 0 Å². The number of halogens is 3. The lowest BCUT2D eigenvalue weighted by atomic mass is 10.2. The van der Waals surface area contributed by atoms with Gasteiger partial charge in [0.05, 0.1) is 17.8 Å². The number of pyridine rings is 1. The van der Waals surface area contributed by atoms with Crippen molar-refractivity contribution in [2.45, 2.75) is 39.1 Å². The first-order valence-corrected chi connectivity index (χ1v) is 5.82. The SMILES string of the molecule is CC(C)(C)OC(=O)NNCc1ccc(C(F)(F)F)cn1. The zero-order valence-electron chi connectivity index (χ0n) is 11.3. The average molecular weight is 291 g/mol. The van der Waals surface area contributed by atoms with E-state index in [1.165, 1.54) is 6.07 Å². The molecule has 2 N–H and O–H groups in total. The third kappa shape index (κ3) is 5.87. The van der Waals surface area contributed by atoms with E-state index in [1.54, 1.807) is 20.8 Å². The molecule has 112 valence electrons. The van der Waals surface area contributed by atoms with E-state index in [2.05, 4.69) is 15.8 Å². The molecule has 20 heavy (non-hydrogen) atoms. The minimum Gasteiger partial charge on any atom is -0.443 e. The molecule has 0 aliphatic rings. The largest absolute Gasteiger partial charge is 0.443 e. The number of amides is 1. The molecule has 1 rings (SSSR count). The van der Waals surface area contributed by atoms with E-state index < -0.39 is 23.4 Å². The van der Waals surface area contributed by atoms with Gasteiger partial charge in [-0.15, -0.1) is 0 Å². The molecule has 0 aliphatic heterocycles. The molecule has 1 aromatic heterocycles. The Morgan fingerprint density at radius 2 is 1.95 bits per heavy atom. The molecule has 0 spiro atoms. The molecular weight excluding hydrogens is 275 g/mol. The van der Waals surface area contributed by atoms with Gasteiger partial charge in [-0.3, -0.25) is 10.4 Å². The van der Waals surface area contributed by atoms with E-state index in [4.69, 9.17) is 4.74 Å². The van der Waals surface area contributed by atoms with Gasteiger partial charge in [0, 0.05) is 6.20 Å². The van der Waals surface area contributed by atoms with Crippen molar-refractivity contribution in [1.82, 2.24) is 15.8 Å². The number of alkyl halides is 3. The summed E-state index contributed by atoms with van der Waals surface area (Å²) in [4.78, 5) is 14.9. The number of carbonyl (C=O) groups excluding carboxylic acids is 1. The second kappa shape index (κ2) is 6.08. The van der Waals surface area contributed by atoms with Crippen molar-refractivity contribution in [3.63, 3.8) is 0 Å². The van der Waals surface area contributed by atoms with Crippen molar-refractivity contribution in [2.24, 2.45) is 0 Å². The van der Waals surface area contributed by atoms with Gasteiger partial charge in [-0.1, -0.05) is 0 Å². The highest BCUT2D eigenvalue weighted by Crippen LogP contribution is 2.28. The van der Waals surface area contributed by atoms with Crippen LogP contribution in [0.1, 0.15) is 32.0 Å². The number of nitrogens with zero attached hydrogens (tertiary/aromatic N) is 1. The number of nitrogens with one attached hydrogen (secondary N) is 2. The number of hydrogen-bond donors (Lipinski definition) is 2. The van der Waals surface area contributed by atoms with Gasteiger partial charge in [-0.2, -0.15) is 13.2 Å². The molecule has 0 fully saturated rings. The minimum atomic E-state index is -4.41. The van der Waals surface area contributed by atoms with Crippen molar-refractivity contribution in [3.05, 3.63) is 29.6 Å². The second-order valence-electron chi connectivity index (χ2n) is 5.02. The molecule has 0 saturated heterocycles. The van der Waals surface area contributed by atoms with Crippen LogP contribution >= 0.6 is 0 Å². The molecule has 0 bridgehead atoms. The Labute approximate surface area is 114 Å². The molecule has 1 aromatic rings. The molecule has 0 saturated carbocycles. The van der Waals surface area contributed by atoms with E-state index in [1.807, 2.05) is 0 Å². The van der Waals surface area contributed by atoms with E-state index in [0.717, 1.165) is 12.3 Å². The van der Waals surface area contributed by atoms with Gasteiger partial charge in [-0.05, 0) is 32.9 Å². The zero-order chi connectivity index (χ0) is 15.4. The molecule has 0 atom stereocenters. The molecule has 0 aromatic carbocycles. The third-order valence-electron chi connectivity index (χ3n) is 2.01. The van der Waals surface area contributed by atoms with Crippen LogP contribution in [0.3, 0.4) is 0 Å².